The molecule has 0 atom stereocenters. The Labute approximate surface area is 246 Å². The Bertz CT molecular complexity index is 2450. The number of fused-ring (bicyclic) bond motifs is 9. The number of rotatable bonds is 3. The predicted molar refractivity (Wildman–Crippen MR) is 178 cm³/mol. The molecule has 9 rings (SSSR count). The van der Waals surface area contributed by atoms with Gasteiger partial charge >= 0.3 is 0 Å². The van der Waals surface area contributed by atoms with E-state index in [1.54, 1.807) is 0 Å². The van der Waals surface area contributed by atoms with Crippen LogP contribution in [-0.4, -0.2) is 14.5 Å². The van der Waals surface area contributed by atoms with Gasteiger partial charge in [-0.3, -0.25) is 9.55 Å². The Morgan fingerprint density at radius 2 is 1.21 bits per heavy atom. The normalized spacial score (nSPS) is 11.8. The molecule has 9 aromatic rings. The van der Waals surface area contributed by atoms with Crippen LogP contribution in [0.1, 0.15) is 0 Å². The molecular formula is C38H23N3S. The highest BCUT2D eigenvalue weighted by atomic mass is 32.1. The van der Waals surface area contributed by atoms with Crippen molar-refractivity contribution in [1.82, 2.24) is 14.5 Å². The Morgan fingerprint density at radius 3 is 2.02 bits per heavy atom. The van der Waals surface area contributed by atoms with Crippen molar-refractivity contribution in [1.29, 1.82) is 0 Å². The van der Waals surface area contributed by atoms with Gasteiger partial charge in [0.15, 0.2) is 0 Å². The topological polar surface area (TPSA) is 30.7 Å². The number of nitrogens with zero attached hydrogens (tertiary/aromatic N) is 3. The Hall–Kier alpha value is -5.32. The van der Waals surface area contributed by atoms with Crippen LogP contribution in [-0.2, 0) is 0 Å². The van der Waals surface area contributed by atoms with E-state index in [9.17, 15) is 0 Å². The van der Waals surface area contributed by atoms with E-state index < -0.39 is 0 Å². The number of pyridine rings is 1. The Morgan fingerprint density at radius 1 is 0.524 bits per heavy atom. The number of hydrogen-bond acceptors (Lipinski definition) is 3. The standard InChI is InChI=1S/C38H23N3S/c1-2-9-25(10-3-1)38-40-35-30-13-6-4-11-28(30)29-12-5-7-14-31(29)36(35)41(38)26-19-17-24(18-20-26)27-15-8-16-32-33-23-39-22-21-34(33)42-37(27)32/h1-23H. The zero-order valence-electron chi connectivity index (χ0n) is 22.5. The lowest BCUT2D eigenvalue weighted by Gasteiger charge is -2.13. The summed E-state index contributed by atoms with van der Waals surface area (Å²) in [6.07, 6.45) is 3.85. The second-order valence-corrected chi connectivity index (χ2v) is 11.7. The highest BCUT2D eigenvalue weighted by Crippen LogP contribution is 2.41. The molecule has 4 heteroatoms. The number of benzene rings is 6. The molecule has 42 heavy (non-hydrogen) atoms. The monoisotopic (exact) mass is 553 g/mol. The second kappa shape index (κ2) is 9.10. The lowest BCUT2D eigenvalue weighted by molar-refractivity contribution is 1.11. The Kier molecular flexibility index (Phi) is 5.07. The zero-order chi connectivity index (χ0) is 27.6. The molecule has 0 unspecified atom stereocenters. The van der Waals surface area contributed by atoms with Crippen molar-refractivity contribution < 1.29 is 0 Å². The average Bonchev–Trinajstić information content (AvgIpc) is 3.65. The summed E-state index contributed by atoms with van der Waals surface area (Å²) in [5, 5.41) is 7.32. The van der Waals surface area contributed by atoms with Crippen molar-refractivity contribution in [3.8, 4) is 28.2 Å². The van der Waals surface area contributed by atoms with Gasteiger partial charge in [-0.1, -0.05) is 109 Å². The first kappa shape index (κ1) is 23.4. The van der Waals surface area contributed by atoms with E-state index in [0.29, 0.717) is 0 Å². The van der Waals surface area contributed by atoms with E-state index in [1.807, 2.05) is 23.7 Å². The fourth-order valence-electron chi connectivity index (χ4n) is 6.40. The third-order valence-electron chi connectivity index (χ3n) is 8.30. The lowest BCUT2D eigenvalue weighted by Crippen LogP contribution is -1.98. The van der Waals surface area contributed by atoms with Crippen LogP contribution in [0.5, 0.6) is 0 Å². The van der Waals surface area contributed by atoms with Crippen molar-refractivity contribution in [2.45, 2.75) is 0 Å². The van der Waals surface area contributed by atoms with Crippen molar-refractivity contribution in [3.05, 3.63) is 140 Å². The maximum absolute atomic E-state index is 5.34. The minimum atomic E-state index is 0.943. The van der Waals surface area contributed by atoms with E-state index in [1.165, 1.54) is 52.8 Å². The molecule has 0 fully saturated rings. The molecule has 3 heterocycles. The van der Waals surface area contributed by atoms with Crippen LogP contribution in [0.15, 0.2) is 140 Å². The van der Waals surface area contributed by atoms with Crippen LogP contribution in [0.4, 0.5) is 0 Å². The van der Waals surface area contributed by atoms with Gasteiger partial charge in [-0.15, -0.1) is 11.3 Å². The quantitative estimate of drug-likeness (QED) is 0.204. The second-order valence-electron chi connectivity index (χ2n) is 10.6. The minimum Gasteiger partial charge on any atom is -0.292 e. The van der Waals surface area contributed by atoms with Gasteiger partial charge < -0.3 is 0 Å². The fourth-order valence-corrected chi connectivity index (χ4v) is 7.60. The molecule has 3 aromatic heterocycles. The van der Waals surface area contributed by atoms with Gasteiger partial charge in [-0.2, -0.15) is 0 Å². The summed E-state index contributed by atoms with van der Waals surface area (Å²) in [7, 11) is 0. The third kappa shape index (κ3) is 3.39. The highest BCUT2D eigenvalue weighted by Gasteiger charge is 2.20. The molecule has 0 aliphatic carbocycles. The smallest absolute Gasteiger partial charge is 0.145 e. The molecule has 0 aliphatic heterocycles. The fraction of sp³-hybridized carbons (Fsp3) is 0. The summed E-state index contributed by atoms with van der Waals surface area (Å²) in [5.74, 6) is 0.943. The summed E-state index contributed by atoms with van der Waals surface area (Å²) < 4.78 is 4.90. The molecule has 0 spiro atoms. The molecule has 0 amide bonds. The molecular weight excluding hydrogens is 531 g/mol. The Balaban J connectivity index is 1.31. The van der Waals surface area contributed by atoms with E-state index in [4.69, 9.17) is 4.98 Å². The minimum absolute atomic E-state index is 0.943. The van der Waals surface area contributed by atoms with Gasteiger partial charge in [0.2, 0.25) is 0 Å². The van der Waals surface area contributed by atoms with Crippen LogP contribution in [0.25, 0.3) is 81.0 Å². The van der Waals surface area contributed by atoms with Crippen LogP contribution in [0.2, 0.25) is 0 Å². The molecule has 6 aromatic carbocycles. The average molecular weight is 554 g/mol. The van der Waals surface area contributed by atoms with E-state index >= 15 is 0 Å². The summed E-state index contributed by atoms with van der Waals surface area (Å²) >= 11 is 1.83. The molecule has 0 saturated carbocycles. The third-order valence-corrected chi connectivity index (χ3v) is 9.52. The summed E-state index contributed by atoms with van der Waals surface area (Å²) in [4.78, 5) is 9.72. The van der Waals surface area contributed by atoms with Crippen molar-refractivity contribution in [3.63, 3.8) is 0 Å². The summed E-state index contributed by atoms with van der Waals surface area (Å²) in [6, 6.07) is 45.5. The van der Waals surface area contributed by atoms with E-state index in [0.717, 1.165) is 28.1 Å². The molecule has 0 bridgehead atoms. The summed E-state index contributed by atoms with van der Waals surface area (Å²) in [5.41, 5.74) is 6.79. The first-order valence-electron chi connectivity index (χ1n) is 14.1. The van der Waals surface area contributed by atoms with Crippen LogP contribution in [0.3, 0.4) is 0 Å². The number of imidazole rings is 1. The first-order chi connectivity index (χ1) is 20.8. The molecule has 3 nitrogen and oxygen atoms in total. The lowest BCUT2D eigenvalue weighted by atomic mass is 9.99. The molecule has 0 radical (unpaired) electrons. The first-order valence-corrected chi connectivity index (χ1v) is 14.9. The zero-order valence-corrected chi connectivity index (χ0v) is 23.3. The largest absolute Gasteiger partial charge is 0.292 e. The van der Waals surface area contributed by atoms with Gasteiger partial charge in [0.1, 0.15) is 5.82 Å². The van der Waals surface area contributed by atoms with Gasteiger partial charge in [0.05, 0.1) is 11.0 Å². The molecule has 0 saturated heterocycles. The van der Waals surface area contributed by atoms with Gasteiger partial charge in [0.25, 0.3) is 0 Å². The van der Waals surface area contributed by atoms with Gasteiger partial charge in [-0.25, -0.2) is 4.98 Å². The molecule has 0 aliphatic rings. The van der Waals surface area contributed by atoms with Gasteiger partial charge in [0, 0.05) is 54.6 Å². The van der Waals surface area contributed by atoms with Crippen molar-refractivity contribution in [2.24, 2.45) is 0 Å². The maximum atomic E-state index is 5.34. The highest BCUT2D eigenvalue weighted by molar-refractivity contribution is 7.26. The number of thiophene rings is 1. The van der Waals surface area contributed by atoms with Crippen molar-refractivity contribution >= 4 is 64.1 Å². The molecule has 196 valence electrons. The SMILES string of the molecule is c1ccc(-c2nc3c4ccccc4c4ccccc4c3n2-c2ccc(-c3cccc4c3sc3ccncc34)cc2)cc1. The maximum Gasteiger partial charge on any atom is 0.145 e. The molecule has 0 N–H and O–H groups in total. The van der Waals surface area contributed by atoms with Crippen molar-refractivity contribution in [2.75, 3.05) is 0 Å². The number of aromatic nitrogens is 3. The van der Waals surface area contributed by atoms with E-state index in [2.05, 4.69) is 137 Å². The van der Waals surface area contributed by atoms with Crippen LogP contribution < -0.4 is 0 Å². The predicted octanol–water partition coefficient (Wildman–Crippen LogP) is 10.4. The van der Waals surface area contributed by atoms with Gasteiger partial charge in [-0.05, 0) is 40.1 Å². The number of hydrogen-bond donors (Lipinski definition) is 0. The summed E-state index contributed by atoms with van der Waals surface area (Å²) in [6.45, 7) is 0. The van der Waals surface area contributed by atoms with Crippen LogP contribution >= 0.6 is 11.3 Å². The van der Waals surface area contributed by atoms with Crippen LogP contribution in [0, 0.1) is 0 Å². The van der Waals surface area contributed by atoms with E-state index in [-0.39, 0.29) is 0 Å².